The van der Waals surface area contributed by atoms with Gasteiger partial charge in [0.1, 0.15) is 5.83 Å². The van der Waals surface area contributed by atoms with Crippen LogP contribution >= 0.6 is 0 Å². The molecule has 1 nitrogen and oxygen atoms in total. The first-order valence-electron chi connectivity index (χ1n) is 2.41. The van der Waals surface area contributed by atoms with Crippen LogP contribution in [0.4, 0.5) is 4.39 Å². The second-order valence-corrected chi connectivity index (χ2v) is 1.49. The van der Waals surface area contributed by atoms with E-state index in [9.17, 15) is 4.39 Å². The smallest absolute Gasteiger partial charge is 0.121 e. The molecule has 0 amide bonds. The van der Waals surface area contributed by atoms with Gasteiger partial charge in [0, 0.05) is 6.21 Å². The van der Waals surface area contributed by atoms with E-state index in [1.54, 1.807) is 18.4 Å². The van der Waals surface area contributed by atoms with Gasteiger partial charge >= 0.3 is 0 Å². The number of nitrogens with zero attached hydrogens (tertiary/aromatic N) is 1. The van der Waals surface area contributed by atoms with Crippen LogP contribution in [0.2, 0.25) is 0 Å². The summed E-state index contributed by atoms with van der Waals surface area (Å²) in [5.74, 6) is -0.185. The van der Waals surface area contributed by atoms with Gasteiger partial charge < -0.3 is 0 Å². The first-order chi connectivity index (χ1) is 3.89. The lowest BCUT2D eigenvalue weighted by atomic mass is 10.4. The third-order valence-corrected chi connectivity index (χ3v) is 0.822. The number of hydrogen-bond donors (Lipinski definition) is 0. The minimum absolute atomic E-state index is 0.185. The summed E-state index contributed by atoms with van der Waals surface area (Å²) in [6, 6.07) is 0. The van der Waals surface area contributed by atoms with E-state index in [4.69, 9.17) is 0 Å². The Labute approximate surface area is 47.2 Å². The van der Waals surface area contributed by atoms with E-state index in [-0.39, 0.29) is 12.4 Å². The molecular weight excluding hydrogens is 105 g/mol. The fourth-order valence-electron chi connectivity index (χ4n) is 0.463. The van der Waals surface area contributed by atoms with Gasteiger partial charge in [-0.25, -0.2) is 4.39 Å². The third-order valence-electron chi connectivity index (χ3n) is 0.822. The molecule has 0 bridgehead atoms. The molecule has 0 radical (unpaired) electrons. The highest BCUT2D eigenvalue weighted by Gasteiger charge is 1.88. The molecule has 0 N–H and O–H groups in total. The molecule has 0 fully saturated rings. The van der Waals surface area contributed by atoms with Crippen molar-refractivity contribution in [1.82, 2.24) is 0 Å². The van der Waals surface area contributed by atoms with Crippen molar-refractivity contribution < 1.29 is 4.39 Å². The Kier molecular flexibility index (Phi) is 1.57. The monoisotopic (exact) mass is 111 g/mol. The summed E-state index contributed by atoms with van der Waals surface area (Å²) in [7, 11) is 0. The molecule has 0 atom stereocenters. The van der Waals surface area contributed by atoms with Crippen molar-refractivity contribution in [3.63, 3.8) is 0 Å². The van der Waals surface area contributed by atoms with Crippen molar-refractivity contribution in [1.29, 1.82) is 0 Å². The lowest BCUT2D eigenvalue weighted by molar-refractivity contribution is 0.620. The van der Waals surface area contributed by atoms with E-state index in [1.807, 2.05) is 0 Å². The number of halogens is 1. The molecule has 0 aromatic rings. The Hall–Kier alpha value is -0.920. The van der Waals surface area contributed by atoms with Crippen LogP contribution in [0, 0.1) is 0 Å². The number of rotatable bonds is 0. The molecule has 1 aliphatic heterocycles. The summed E-state index contributed by atoms with van der Waals surface area (Å²) in [5.41, 5.74) is 0. The fraction of sp³-hybridized carbons (Fsp3) is 0.167. The number of aliphatic imine (C=N–C) groups is 1. The van der Waals surface area contributed by atoms with E-state index in [1.165, 1.54) is 6.08 Å². The maximum absolute atomic E-state index is 12.1. The molecule has 0 spiro atoms. The van der Waals surface area contributed by atoms with Gasteiger partial charge in [0.25, 0.3) is 0 Å². The standard InChI is InChI=1S/C6H6FN/c7-6-3-1-2-4-8-5-6/h1-4H,5H2. The molecule has 2 heteroatoms. The summed E-state index contributed by atoms with van der Waals surface area (Å²) in [6.07, 6.45) is 6.33. The SMILES string of the molecule is FC1=CC=CC=NC1. The van der Waals surface area contributed by atoms with Crippen molar-refractivity contribution in [2.24, 2.45) is 4.99 Å². The second-order valence-electron chi connectivity index (χ2n) is 1.49. The first-order valence-corrected chi connectivity index (χ1v) is 2.41. The molecule has 1 heterocycles. The lowest BCUT2D eigenvalue weighted by Gasteiger charge is -1.81. The zero-order valence-electron chi connectivity index (χ0n) is 4.34. The van der Waals surface area contributed by atoms with Gasteiger partial charge in [-0.05, 0) is 12.2 Å². The van der Waals surface area contributed by atoms with Crippen LogP contribution in [-0.4, -0.2) is 12.8 Å². The van der Waals surface area contributed by atoms with E-state index >= 15 is 0 Å². The molecular formula is C6H6FN. The molecule has 0 saturated carbocycles. The van der Waals surface area contributed by atoms with E-state index in [2.05, 4.69) is 4.99 Å². The Morgan fingerprint density at radius 3 is 3.25 bits per heavy atom. The van der Waals surface area contributed by atoms with Crippen molar-refractivity contribution in [2.45, 2.75) is 0 Å². The third kappa shape index (κ3) is 1.30. The van der Waals surface area contributed by atoms with Gasteiger partial charge in [0.2, 0.25) is 0 Å². The van der Waals surface area contributed by atoms with Crippen LogP contribution in [0.25, 0.3) is 0 Å². The van der Waals surface area contributed by atoms with Crippen molar-refractivity contribution in [3.8, 4) is 0 Å². The minimum Gasteiger partial charge on any atom is -0.286 e. The van der Waals surface area contributed by atoms with Crippen LogP contribution in [-0.2, 0) is 0 Å². The van der Waals surface area contributed by atoms with Gasteiger partial charge in [0.15, 0.2) is 0 Å². The molecule has 1 aliphatic rings. The largest absolute Gasteiger partial charge is 0.286 e. The van der Waals surface area contributed by atoms with Crippen LogP contribution in [0.5, 0.6) is 0 Å². The Balaban J connectivity index is 2.69. The molecule has 0 aromatic carbocycles. The summed E-state index contributed by atoms with van der Waals surface area (Å²) in [5, 5.41) is 0. The second kappa shape index (κ2) is 2.40. The van der Waals surface area contributed by atoms with Gasteiger partial charge in [-0.15, -0.1) is 0 Å². The molecule has 8 heavy (non-hydrogen) atoms. The van der Waals surface area contributed by atoms with Crippen LogP contribution in [0.15, 0.2) is 29.0 Å². The molecule has 0 aliphatic carbocycles. The topological polar surface area (TPSA) is 12.4 Å². The first kappa shape index (κ1) is 5.22. The van der Waals surface area contributed by atoms with Gasteiger partial charge in [0.05, 0.1) is 6.54 Å². The van der Waals surface area contributed by atoms with Crippen LogP contribution < -0.4 is 0 Å². The highest BCUT2D eigenvalue weighted by molar-refractivity contribution is 5.72. The molecule has 0 aromatic heterocycles. The number of hydrogen-bond acceptors (Lipinski definition) is 1. The Morgan fingerprint density at radius 1 is 1.50 bits per heavy atom. The van der Waals surface area contributed by atoms with Crippen molar-refractivity contribution in [3.05, 3.63) is 24.1 Å². The summed E-state index contributed by atoms with van der Waals surface area (Å²) in [4.78, 5) is 3.70. The van der Waals surface area contributed by atoms with Crippen LogP contribution in [0.3, 0.4) is 0 Å². The summed E-state index contributed by atoms with van der Waals surface area (Å²) < 4.78 is 12.1. The zero-order valence-corrected chi connectivity index (χ0v) is 4.34. The zero-order chi connectivity index (χ0) is 5.82. The normalized spacial score (nSPS) is 17.9. The van der Waals surface area contributed by atoms with E-state index in [0.29, 0.717) is 0 Å². The van der Waals surface area contributed by atoms with Gasteiger partial charge in [-0.3, -0.25) is 4.99 Å². The fourth-order valence-corrected chi connectivity index (χ4v) is 0.463. The summed E-state index contributed by atoms with van der Waals surface area (Å²) in [6.45, 7) is 0.188. The maximum atomic E-state index is 12.1. The van der Waals surface area contributed by atoms with Crippen molar-refractivity contribution >= 4 is 6.21 Å². The predicted octanol–water partition coefficient (Wildman–Crippen LogP) is 1.48. The average Bonchev–Trinajstić information content (AvgIpc) is 1.94. The average molecular weight is 111 g/mol. The molecule has 42 valence electrons. The summed E-state index contributed by atoms with van der Waals surface area (Å²) >= 11 is 0. The van der Waals surface area contributed by atoms with Crippen molar-refractivity contribution in [2.75, 3.05) is 6.54 Å². The highest BCUT2D eigenvalue weighted by atomic mass is 19.1. The number of allylic oxidation sites excluding steroid dienone is 3. The van der Waals surface area contributed by atoms with Gasteiger partial charge in [-0.2, -0.15) is 0 Å². The van der Waals surface area contributed by atoms with Gasteiger partial charge in [-0.1, -0.05) is 6.08 Å². The van der Waals surface area contributed by atoms with Crippen LogP contribution in [0.1, 0.15) is 0 Å². The highest BCUT2D eigenvalue weighted by Crippen LogP contribution is 1.98. The predicted molar refractivity (Wildman–Crippen MR) is 31.7 cm³/mol. The molecule has 0 saturated heterocycles. The maximum Gasteiger partial charge on any atom is 0.121 e. The lowest BCUT2D eigenvalue weighted by Crippen LogP contribution is -1.76. The Morgan fingerprint density at radius 2 is 2.38 bits per heavy atom. The molecule has 0 unspecified atom stereocenters. The quantitative estimate of drug-likeness (QED) is 0.449. The molecule has 1 rings (SSSR count). The Bertz CT molecular complexity index is 156. The minimum atomic E-state index is -0.185. The van der Waals surface area contributed by atoms with E-state index in [0.717, 1.165) is 0 Å². The van der Waals surface area contributed by atoms with E-state index < -0.39 is 0 Å².